The highest BCUT2D eigenvalue weighted by Crippen LogP contribution is 2.31. The van der Waals surface area contributed by atoms with Crippen LogP contribution < -0.4 is 15.4 Å². The van der Waals surface area contributed by atoms with Gasteiger partial charge in [-0.3, -0.25) is 0 Å². The van der Waals surface area contributed by atoms with Crippen LogP contribution in [0.5, 0.6) is 5.75 Å². The normalized spacial score (nSPS) is 16.9. The number of hydrogen-bond acceptors (Lipinski definition) is 4. The van der Waals surface area contributed by atoms with E-state index in [0.29, 0.717) is 5.69 Å². The molecule has 0 unspecified atom stereocenters. The van der Waals surface area contributed by atoms with Crippen LogP contribution in [0.3, 0.4) is 0 Å². The van der Waals surface area contributed by atoms with Gasteiger partial charge in [-0.1, -0.05) is 6.92 Å². The number of halogens is 1. The summed E-state index contributed by atoms with van der Waals surface area (Å²) < 4.78 is 18.5. The van der Waals surface area contributed by atoms with E-state index < -0.39 is 5.82 Å². The number of rotatable bonds is 3. The Hall–Kier alpha value is -1.49. The Labute approximate surface area is 107 Å². The molecule has 1 saturated heterocycles. The molecule has 0 saturated carbocycles. The summed E-state index contributed by atoms with van der Waals surface area (Å²) in [5, 5.41) is 0. The summed E-state index contributed by atoms with van der Waals surface area (Å²) >= 11 is 0. The summed E-state index contributed by atoms with van der Waals surface area (Å²) in [7, 11) is 1.47. The van der Waals surface area contributed by atoms with Gasteiger partial charge in [0.2, 0.25) is 0 Å². The molecule has 1 aliphatic heterocycles. The molecule has 1 heterocycles. The van der Waals surface area contributed by atoms with Gasteiger partial charge in [-0.2, -0.15) is 0 Å². The Morgan fingerprint density at radius 2 is 1.94 bits per heavy atom. The number of ether oxygens (including phenoxy) is 1. The molecule has 0 bridgehead atoms. The summed E-state index contributed by atoms with van der Waals surface area (Å²) in [6.07, 6.45) is 0. The SMILES string of the molecule is CCN1CCN(c2cc(OC)c(F)cc2N)CC1. The molecule has 1 aromatic rings. The van der Waals surface area contributed by atoms with Crippen molar-refractivity contribution in [3.8, 4) is 5.75 Å². The zero-order chi connectivity index (χ0) is 13.1. The smallest absolute Gasteiger partial charge is 0.167 e. The van der Waals surface area contributed by atoms with E-state index in [-0.39, 0.29) is 5.75 Å². The fourth-order valence-electron chi connectivity index (χ4n) is 2.29. The van der Waals surface area contributed by atoms with Crippen molar-refractivity contribution in [1.29, 1.82) is 0 Å². The molecule has 0 amide bonds. The Morgan fingerprint density at radius 1 is 1.28 bits per heavy atom. The Morgan fingerprint density at radius 3 is 2.50 bits per heavy atom. The molecule has 4 nitrogen and oxygen atoms in total. The predicted molar refractivity (Wildman–Crippen MR) is 71.7 cm³/mol. The van der Waals surface area contributed by atoms with Crippen LogP contribution in [-0.4, -0.2) is 44.7 Å². The maximum atomic E-state index is 13.5. The fourth-order valence-corrected chi connectivity index (χ4v) is 2.29. The standard InChI is InChI=1S/C13H20FN3O/c1-3-16-4-6-17(7-5-16)12-9-13(18-2)10(14)8-11(12)15/h8-9H,3-7,15H2,1-2H3. The number of piperazine rings is 1. The predicted octanol–water partition coefficient (Wildman–Crippen LogP) is 1.56. The topological polar surface area (TPSA) is 41.7 Å². The minimum absolute atomic E-state index is 0.247. The van der Waals surface area contributed by atoms with Crippen LogP contribution in [0, 0.1) is 5.82 Å². The lowest BCUT2D eigenvalue weighted by atomic mass is 10.2. The van der Waals surface area contributed by atoms with Gasteiger partial charge in [-0.15, -0.1) is 0 Å². The van der Waals surface area contributed by atoms with Crippen molar-refractivity contribution in [2.24, 2.45) is 0 Å². The number of likely N-dealkylation sites (N-methyl/N-ethyl adjacent to an activating group) is 1. The molecule has 0 aliphatic carbocycles. The van der Waals surface area contributed by atoms with Crippen molar-refractivity contribution >= 4 is 11.4 Å². The highest BCUT2D eigenvalue weighted by Gasteiger charge is 2.19. The number of nitrogen functional groups attached to an aromatic ring is 1. The van der Waals surface area contributed by atoms with Crippen LogP contribution in [-0.2, 0) is 0 Å². The molecule has 0 aromatic heterocycles. The van der Waals surface area contributed by atoms with Gasteiger partial charge in [0.25, 0.3) is 0 Å². The molecule has 5 heteroatoms. The van der Waals surface area contributed by atoms with Gasteiger partial charge in [0.1, 0.15) is 0 Å². The molecular formula is C13H20FN3O. The lowest BCUT2D eigenvalue weighted by Crippen LogP contribution is -2.46. The van der Waals surface area contributed by atoms with Crippen LogP contribution in [0.15, 0.2) is 12.1 Å². The second-order valence-corrected chi connectivity index (χ2v) is 4.47. The first kappa shape index (κ1) is 13.0. The number of methoxy groups -OCH3 is 1. The summed E-state index contributed by atoms with van der Waals surface area (Å²) in [5.41, 5.74) is 7.23. The van der Waals surface area contributed by atoms with E-state index in [2.05, 4.69) is 16.7 Å². The third kappa shape index (κ3) is 2.51. The van der Waals surface area contributed by atoms with Gasteiger partial charge in [0.15, 0.2) is 11.6 Å². The molecule has 0 spiro atoms. The molecular weight excluding hydrogens is 233 g/mol. The first-order valence-electron chi connectivity index (χ1n) is 6.26. The molecule has 100 valence electrons. The van der Waals surface area contributed by atoms with E-state index in [1.165, 1.54) is 13.2 Å². The first-order chi connectivity index (χ1) is 8.65. The van der Waals surface area contributed by atoms with Crippen LogP contribution >= 0.6 is 0 Å². The third-order valence-electron chi connectivity index (χ3n) is 3.46. The Balaban J connectivity index is 2.18. The Bertz CT molecular complexity index is 417. The highest BCUT2D eigenvalue weighted by atomic mass is 19.1. The first-order valence-corrected chi connectivity index (χ1v) is 6.26. The molecule has 1 fully saturated rings. The summed E-state index contributed by atoms with van der Waals surface area (Å²) in [6, 6.07) is 3.02. The average molecular weight is 253 g/mol. The average Bonchev–Trinajstić information content (AvgIpc) is 2.39. The Kier molecular flexibility index (Phi) is 3.91. The van der Waals surface area contributed by atoms with Gasteiger partial charge in [0, 0.05) is 38.3 Å². The largest absolute Gasteiger partial charge is 0.494 e. The quantitative estimate of drug-likeness (QED) is 0.830. The lowest BCUT2D eigenvalue weighted by molar-refractivity contribution is 0.271. The third-order valence-corrected chi connectivity index (χ3v) is 3.46. The van der Waals surface area contributed by atoms with Crippen LogP contribution in [0.2, 0.25) is 0 Å². The summed E-state index contributed by atoms with van der Waals surface area (Å²) in [5.74, 6) is -0.164. The highest BCUT2D eigenvalue weighted by molar-refractivity contribution is 5.70. The van der Waals surface area contributed by atoms with Crippen molar-refractivity contribution < 1.29 is 9.13 Å². The van der Waals surface area contributed by atoms with E-state index >= 15 is 0 Å². The molecule has 0 radical (unpaired) electrons. The van der Waals surface area contributed by atoms with E-state index in [1.807, 2.05) is 0 Å². The second-order valence-electron chi connectivity index (χ2n) is 4.47. The van der Waals surface area contributed by atoms with E-state index in [4.69, 9.17) is 10.5 Å². The minimum atomic E-state index is -0.411. The van der Waals surface area contributed by atoms with Gasteiger partial charge >= 0.3 is 0 Å². The van der Waals surface area contributed by atoms with Crippen molar-refractivity contribution in [3.05, 3.63) is 17.9 Å². The molecule has 2 rings (SSSR count). The van der Waals surface area contributed by atoms with Crippen molar-refractivity contribution in [1.82, 2.24) is 4.90 Å². The molecule has 18 heavy (non-hydrogen) atoms. The van der Waals surface area contributed by atoms with Crippen molar-refractivity contribution in [3.63, 3.8) is 0 Å². The number of nitrogens with two attached hydrogens (primary N) is 1. The van der Waals surface area contributed by atoms with Gasteiger partial charge in [0.05, 0.1) is 18.5 Å². The summed E-state index contributed by atoms with van der Waals surface area (Å²) in [6.45, 7) is 7.06. The molecule has 2 N–H and O–H groups in total. The van der Waals surface area contributed by atoms with Gasteiger partial charge in [-0.25, -0.2) is 4.39 Å². The maximum Gasteiger partial charge on any atom is 0.167 e. The van der Waals surface area contributed by atoms with E-state index in [0.717, 1.165) is 38.4 Å². The maximum absolute atomic E-state index is 13.5. The van der Waals surface area contributed by atoms with Crippen molar-refractivity contribution in [2.45, 2.75) is 6.92 Å². The fraction of sp³-hybridized carbons (Fsp3) is 0.538. The number of anilines is 2. The molecule has 1 aliphatic rings. The van der Waals surface area contributed by atoms with Crippen LogP contribution in [0.4, 0.5) is 15.8 Å². The van der Waals surface area contributed by atoms with Gasteiger partial charge in [-0.05, 0) is 6.54 Å². The van der Waals surface area contributed by atoms with Crippen LogP contribution in [0.1, 0.15) is 6.92 Å². The lowest BCUT2D eigenvalue weighted by Gasteiger charge is -2.36. The monoisotopic (exact) mass is 253 g/mol. The molecule has 1 aromatic carbocycles. The summed E-state index contributed by atoms with van der Waals surface area (Å²) in [4.78, 5) is 4.57. The van der Waals surface area contributed by atoms with E-state index in [9.17, 15) is 4.39 Å². The van der Waals surface area contributed by atoms with Crippen LogP contribution in [0.25, 0.3) is 0 Å². The number of benzene rings is 1. The number of nitrogens with zero attached hydrogens (tertiary/aromatic N) is 2. The second kappa shape index (κ2) is 5.44. The van der Waals surface area contributed by atoms with Crippen molar-refractivity contribution in [2.75, 3.05) is 50.5 Å². The zero-order valence-electron chi connectivity index (χ0n) is 10.9. The molecule has 0 atom stereocenters. The minimum Gasteiger partial charge on any atom is -0.494 e. The number of hydrogen-bond donors (Lipinski definition) is 1. The van der Waals surface area contributed by atoms with Gasteiger partial charge < -0.3 is 20.3 Å². The van der Waals surface area contributed by atoms with E-state index in [1.54, 1.807) is 6.07 Å². The zero-order valence-corrected chi connectivity index (χ0v) is 10.9.